The number of carbonyl (C=O) groups is 1. The van der Waals surface area contributed by atoms with Crippen LogP contribution < -0.4 is 0 Å². The lowest BCUT2D eigenvalue weighted by molar-refractivity contribution is -0.137. The second kappa shape index (κ2) is 5.75. The maximum Gasteiger partial charge on any atom is 0.348 e. The lowest BCUT2D eigenvalue weighted by atomic mass is 10.1. The third-order valence-electron chi connectivity index (χ3n) is 1.81. The predicted octanol–water partition coefficient (Wildman–Crippen LogP) is 2.43. The third-order valence-corrected chi connectivity index (χ3v) is 1.81. The zero-order chi connectivity index (χ0) is 12.8. The van der Waals surface area contributed by atoms with E-state index in [4.69, 9.17) is 5.26 Å². The van der Waals surface area contributed by atoms with E-state index < -0.39 is 17.6 Å². The summed E-state index contributed by atoms with van der Waals surface area (Å²) in [6.45, 7) is 1.71. The molecule has 0 atom stereocenters. The summed E-state index contributed by atoms with van der Waals surface area (Å²) in [4.78, 5) is 11.2. The number of hydrogen-bond donors (Lipinski definition) is 0. The van der Waals surface area contributed by atoms with Gasteiger partial charge in [-0.3, -0.25) is 0 Å². The largest absolute Gasteiger partial charge is 0.462 e. The van der Waals surface area contributed by atoms with Gasteiger partial charge in [0.05, 0.1) is 6.61 Å². The van der Waals surface area contributed by atoms with Crippen molar-refractivity contribution in [1.29, 1.82) is 5.26 Å². The summed E-state index contributed by atoms with van der Waals surface area (Å²) in [5.74, 6) is -2.38. The molecule has 0 aliphatic carbocycles. The van der Waals surface area contributed by atoms with Gasteiger partial charge >= 0.3 is 5.97 Å². The van der Waals surface area contributed by atoms with E-state index in [1.807, 2.05) is 0 Å². The predicted molar refractivity (Wildman–Crippen MR) is 56.6 cm³/mol. The van der Waals surface area contributed by atoms with E-state index in [0.717, 1.165) is 18.2 Å². The molecule has 5 heteroatoms. The Bertz CT molecular complexity index is 483. The Hall–Kier alpha value is -2.22. The molecule has 1 rings (SSSR count). The number of carbonyl (C=O) groups excluding carboxylic acids is 1. The topological polar surface area (TPSA) is 50.1 Å². The van der Waals surface area contributed by atoms with Crippen molar-refractivity contribution in [3.8, 4) is 6.07 Å². The minimum Gasteiger partial charge on any atom is -0.462 e. The van der Waals surface area contributed by atoms with Crippen LogP contribution in [0.25, 0.3) is 6.08 Å². The summed E-state index contributed by atoms with van der Waals surface area (Å²) in [6, 6.07) is 4.34. The highest BCUT2D eigenvalue weighted by molar-refractivity contribution is 5.97. The molecule has 0 aliphatic rings. The number of halogens is 2. The number of nitrogens with zero attached hydrogens (tertiary/aromatic N) is 1. The summed E-state index contributed by atoms with van der Waals surface area (Å²) in [6.07, 6.45) is 1.07. The molecule has 0 N–H and O–H groups in total. The number of esters is 1. The Balaban J connectivity index is 3.07. The highest BCUT2D eigenvalue weighted by atomic mass is 19.1. The lowest BCUT2D eigenvalue weighted by Crippen LogP contribution is -2.06. The van der Waals surface area contributed by atoms with Crippen LogP contribution >= 0.6 is 0 Å². The van der Waals surface area contributed by atoms with Gasteiger partial charge in [0.2, 0.25) is 0 Å². The fourth-order valence-electron chi connectivity index (χ4n) is 1.17. The van der Waals surface area contributed by atoms with Gasteiger partial charge in [-0.15, -0.1) is 0 Å². The van der Waals surface area contributed by atoms with Gasteiger partial charge in [0, 0.05) is 6.07 Å². The molecule has 0 spiro atoms. The molecular weight excluding hydrogens is 228 g/mol. The molecule has 0 saturated carbocycles. The van der Waals surface area contributed by atoms with Gasteiger partial charge in [-0.2, -0.15) is 5.26 Å². The molecule has 0 bridgehead atoms. The SMILES string of the molecule is CCOC(=O)/C(C#N)=C/c1cc(F)cc(F)c1. The van der Waals surface area contributed by atoms with E-state index in [9.17, 15) is 13.6 Å². The molecule has 1 aromatic carbocycles. The van der Waals surface area contributed by atoms with E-state index in [0.29, 0.717) is 6.07 Å². The lowest BCUT2D eigenvalue weighted by Gasteiger charge is -2.00. The van der Waals surface area contributed by atoms with Crippen LogP contribution in [0.15, 0.2) is 23.8 Å². The summed E-state index contributed by atoms with van der Waals surface area (Å²) >= 11 is 0. The summed E-state index contributed by atoms with van der Waals surface area (Å²) in [5, 5.41) is 8.72. The van der Waals surface area contributed by atoms with Gasteiger partial charge in [-0.05, 0) is 30.7 Å². The monoisotopic (exact) mass is 237 g/mol. The van der Waals surface area contributed by atoms with Crippen LogP contribution in [0, 0.1) is 23.0 Å². The number of benzene rings is 1. The summed E-state index contributed by atoms with van der Waals surface area (Å²) in [5.41, 5.74) is -0.219. The zero-order valence-corrected chi connectivity index (χ0v) is 9.04. The molecule has 17 heavy (non-hydrogen) atoms. The van der Waals surface area contributed by atoms with Crippen LogP contribution in [0.1, 0.15) is 12.5 Å². The molecule has 0 fully saturated rings. The first-order valence-electron chi connectivity index (χ1n) is 4.82. The van der Waals surface area contributed by atoms with E-state index >= 15 is 0 Å². The van der Waals surface area contributed by atoms with E-state index in [1.165, 1.54) is 0 Å². The number of nitriles is 1. The second-order valence-electron chi connectivity index (χ2n) is 3.09. The van der Waals surface area contributed by atoms with Crippen LogP contribution in [0.3, 0.4) is 0 Å². The molecule has 1 aromatic rings. The van der Waals surface area contributed by atoms with Crippen molar-refractivity contribution in [2.45, 2.75) is 6.92 Å². The Morgan fingerprint density at radius 2 is 2.00 bits per heavy atom. The van der Waals surface area contributed by atoms with Crippen molar-refractivity contribution in [3.63, 3.8) is 0 Å². The Morgan fingerprint density at radius 3 is 2.47 bits per heavy atom. The average molecular weight is 237 g/mol. The molecule has 0 heterocycles. The molecular formula is C12H9F2NO2. The van der Waals surface area contributed by atoms with Crippen LogP contribution in [-0.4, -0.2) is 12.6 Å². The van der Waals surface area contributed by atoms with E-state index in [1.54, 1.807) is 13.0 Å². The van der Waals surface area contributed by atoms with Crippen LogP contribution in [0.4, 0.5) is 8.78 Å². The van der Waals surface area contributed by atoms with Crippen molar-refractivity contribution in [2.75, 3.05) is 6.61 Å². The molecule has 3 nitrogen and oxygen atoms in total. The highest BCUT2D eigenvalue weighted by Gasteiger charge is 2.10. The fraction of sp³-hybridized carbons (Fsp3) is 0.167. The fourth-order valence-corrected chi connectivity index (χ4v) is 1.17. The van der Waals surface area contributed by atoms with Crippen LogP contribution in [0.2, 0.25) is 0 Å². The second-order valence-corrected chi connectivity index (χ2v) is 3.09. The van der Waals surface area contributed by atoms with Crippen molar-refractivity contribution in [2.24, 2.45) is 0 Å². The molecule has 0 aliphatic heterocycles. The van der Waals surface area contributed by atoms with E-state index in [-0.39, 0.29) is 17.7 Å². The smallest absolute Gasteiger partial charge is 0.348 e. The molecule has 0 amide bonds. The first kappa shape index (κ1) is 12.8. The Kier molecular flexibility index (Phi) is 4.35. The quantitative estimate of drug-likeness (QED) is 0.461. The van der Waals surface area contributed by atoms with Crippen molar-refractivity contribution in [3.05, 3.63) is 41.0 Å². The average Bonchev–Trinajstić information content (AvgIpc) is 2.24. The van der Waals surface area contributed by atoms with Gasteiger partial charge in [0.15, 0.2) is 0 Å². The van der Waals surface area contributed by atoms with Gasteiger partial charge < -0.3 is 4.74 Å². The van der Waals surface area contributed by atoms with Crippen molar-refractivity contribution >= 4 is 12.0 Å². The maximum atomic E-state index is 12.9. The number of hydrogen-bond acceptors (Lipinski definition) is 3. The molecule has 0 saturated heterocycles. The number of rotatable bonds is 3. The Labute approximate surface area is 96.9 Å². The third kappa shape index (κ3) is 3.68. The standard InChI is InChI=1S/C12H9F2NO2/c1-2-17-12(16)9(7-15)3-8-4-10(13)6-11(14)5-8/h3-6H,2H2,1H3/b9-3+. The van der Waals surface area contributed by atoms with Crippen LogP contribution in [0.5, 0.6) is 0 Å². The van der Waals surface area contributed by atoms with Gasteiger partial charge in [-0.25, -0.2) is 13.6 Å². The maximum absolute atomic E-state index is 12.9. The summed E-state index contributed by atoms with van der Waals surface area (Å²) in [7, 11) is 0. The van der Waals surface area contributed by atoms with E-state index in [2.05, 4.69) is 4.74 Å². The summed E-state index contributed by atoms with van der Waals surface area (Å²) < 4.78 is 30.3. The highest BCUT2D eigenvalue weighted by Crippen LogP contribution is 2.12. The van der Waals surface area contributed by atoms with Gasteiger partial charge in [-0.1, -0.05) is 0 Å². The number of ether oxygens (including phenoxy) is 1. The van der Waals surface area contributed by atoms with Gasteiger partial charge in [0.1, 0.15) is 23.3 Å². The molecule has 0 aromatic heterocycles. The molecule has 88 valence electrons. The van der Waals surface area contributed by atoms with Crippen molar-refractivity contribution < 1.29 is 18.3 Å². The van der Waals surface area contributed by atoms with Gasteiger partial charge in [0.25, 0.3) is 0 Å². The first-order valence-corrected chi connectivity index (χ1v) is 4.82. The first-order chi connectivity index (χ1) is 8.06. The minimum atomic E-state index is -0.820. The molecule has 0 radical (unpaired) electrons. The normalized spacial score (nSPS) is 10.8. The zero-order valence-electron chi connectivity index (χ0n) is 9.04. The minimum absolute atomic E-state index is 0.0899. The van der Waals surface area contributed by atoms with Crippen LogP contribution in [-0.2, 0) is 9.53 Å². The molecule has 0 unspecified atom stereocenters. The Morgan fingerprint density at radius 1 is 1.41 bits per heavy atom. The van der Waals surface area contributed by atoms with Crippen molar-refractivity contribution in [1.82, 2.24) is 0 Å².